The SMILES string of the molecule is Fc1ccccc1C1=NCC=Nc2ccc(Cl)c(Cl)c21. The summed E-state index contributed by atoms with van der Waals surface area (Å²) in [7, 11) is 0. The fraction of sp³-hybridized carbons (Fsp3) is 0.0667. The topological polar surface area (TPSA) is 24.7 Å². The molecule has 0 bridgehead atoms. The maximum Gasteiger partial charge on any atom is 0.132 e. The van der Waals surface area contributed by atoms with Gasteiger partial charge in [0.25, 0.3) is 0 Å². The molecular formula is C15H9Cl2FN2. The van der Waals surface area contributed by atoms with Crippen molar-refractivity contribution in [1.29, 1.82) is 0 Å². The van der Waals surface area contributed by atoms with Crippen molar-refractivity contribution in [2.24, 2.45) is 9.98 Å². The zero-order chi connectivity index (χ0) is 14.1. The van der Waals surface area contributed by atoms with Gasteiger partial charge in [0.15, 0.2) is 0 Å². The van der Waals surface area contributed by atoms with Crippen LogP contribution in [0, 0.1) is 5.82 Å². The first-order chi connectivity index (χ1) is 9.68. The van der Waals surface area contributed by atoms with Gasteiger partial charge >= 0.3 is 0 Å². The summed E-state index contributed by atoms with van der Waals surface area (Å²) >= 11 is 12.3. The minimum absolute atomic E-state index is 0.338. The Bertz CT molecular complexity index is 739. The molecule has 0 saturated heterocycles. The van der Waals surface area contributed by atoms with Gasteiger partial charge in [0.1, 0.15) is 5.82 Å². The van der Waals surface area contributed by atoms with Gasteiger partial charge in [-0.1, -0.05) is 35.3 Å². The second-order valence-corrected chi connectivity index (χ2v) is 5.02. The summed E-state index contributed by atoms with van der Waals surface area (Å²) in [5.41, 5.74) is 2.07. The van der Waals surface area contributed by atoms with E-state index >= 15 is 0 Å². The first kappa shape index (κ1) is 13.3. The second kappa shape index (κ2) is 5.35. The zero-order valence-electron chi connectivity index (χ0n) is 10.3. The molecule has 20 heavy (non-hydrogen) atoms. The Hall–Kier alpha value is -1.71. The molecule has 2 aromatic carbocycles. The summed E-state index contributed by atoms with van der Waals surface area (Å²) in [6.07, 6.45) is 1.66. The minimum Gasteiger partial charge on any atom is -0.278 e. The van der Waals surface area contributed by atoms with Crippen LogP contribution in [0.5, 0.6) is 0 Å². The monoisotopic (exact) mass is 306 g/mol. The van der Waals surface area contributed by atoms with E-state index in [2.05, 4.69) is 9.98 Å². The van der Waals surface area contributed by atoms with Gasteiger partial charge in [0.05, 0.1) is 28.0 Å². The standard InChI is InChI=1S/C15H9Cl2FN2/c16-10-5-6-12-13(14(10)17)15(20-8-7-19-12)9-3-1-2-4-11(9)18/h1-7H,8H2. The highest BCUT2D eigenvalue weighted by atomic mass is 35.5. The summed E-state index contributed by atoms with van der Waals surface area (Å²) in [6.45, 7) is 0.367. The lowest BCUT2D eigenvalue weighted by Gasteiger charge is -2.12. The third kappa shape index (κ3) is 2.23. The third-order valence-electron chi connectivity index (χ3n) is 3.00. The van der Waals surface area contributed by atoms with Crippen LogP contribution in [-0.2, 0) is 0 Å². The molecule has 0 aliphatic carbocycles. The van der Waals surface area contributed by atoms with Gasteiger partial charge < -0.3 is 0 Å². The van der Waals surface area contributed by atoms with E-state index in [1.54, 1.807) is 36.5 Å². The number of hydrogen-bond acceptors (Lipinski definition) is 2. The normalized spacial score (nSPS) is 13.7. The maximum atomic E-state index is 14.0. The van der Waals surface area contributed by atoms with E-state index in [1.165, 1.54) is 6.07 Å². The van der Waals surface area contributed by atoms with E-state index in [9.17, 15) is 4.39 Å². The first-order valence-corrected chi connectivity index (χ1v) is 6.74. The van der Waals surface area contributed by atoms with Crippen LogP contribution in [0.15, 0.2) is 46.4 Å². The molecule has 1 heterocycles. The van der Waals surface area contributed by atoms with Gasteiger partial charge in [0.2, 0.25) is 0 Å². The molecule has 0 atom stereocenters. The zero-order valence-corrected chi connectivity index (χ0v) is 11.8. The predicted molar refractivity (Wildman–Crippen MR) is 81.5 cm³/mol. The predicted octanol–water partition coefficient (Wildman–Crippen LogP) is 4.69. The molecule has 1 aliphatic rings. The van der Waals surface area contributed by atoms with Crippen LogP contribution in [0.4, 0.5) is 10.1 Å². The maximum absolute atomic E-state index is 14.0. The van der Waals surface area contributed by atoms with Crippen molar-refractivity contribution >= 4 is 40.8 Å². The Morgan fingerprint density at radius 3 is 2.65 bits per heavy atom. The van der Waals surface area contributed by atoms with Gasteiger partial charge in [-0.25, -0.2) is 4.39 Å². The van der Waals surface area contributed by atoms with Crippen LogP contribution in [-0.4, -0.2) is 18.5 Å². The van der Waals surface area contributed by atoms with Crippen molar-refractivity contribution in [3.63, 3.8) is 0 Å². The second-order valence-electron chi connectivity index (χ2n) is 4.24. The Balaban J connectivity index is 2.29. The summed E-state index contributed by atoms with van der Waals surface area (Å²) in [4.78, 5) is 8.67. The molecule has 0 radical (unpaired) electrons. The molecule has 0 fully saturated rings. The quantitative estimate of drug-likeness (QED) is 0.730. The van der Waals surface area contributed by atoms with E-state index in [-0.39, 0.29) is 5.82 Å². The average molecular weight is 307 g/mol. The third-order valence-corrected chi connectivity index (χ3v) is 3.80. The van der Waals surface area contributed by atoms with E-state index < -0.39 is 0 Å². The van der Waals surface area contributed by atoms with Crippen molar-refractivity contribution in [2.75, 3.05) is 6.54 Å². The highest BCUT2D eigenvalue weighted by Gasteiger charge is 2.20. The number of rotatable bonds is 1. The largest absolute Gasteiger partial charge is 0.278 e. The van der Waals surface area contributed by atoms with Crippen molar-refractivity contribution in [3.8, 4) is 0 Å². The molecule has 0 aromatic heterocycles. The molecule has 0 N–H and O–H groups in total. The van der Waals surface area contributed by atoms with Crippen molar-refractivity contribution in [3.05, 3.63) is 63.4 Å². The fourth-order valence-electron chi connectivity index (χ4n) is 2.10. The lowest BCUT2D eigenvalue weighted by Crippen LogP contribution is -2.07. The molecule has 0 unspecified atom stereocenters. The fourth-order valence-corrected chi connectivity index (χ4v) is 2.50. The average Bonchev–Trinajstić information content (AvgIpc) is 2.66. The number of halogens is 3. The van der Waals surface area contributed by atoms with Gasteiger partial charge in [-0.3, -0.25) is 9.98 Å². The van der Waals surface area contributed by atoms with Gasteiger partial charge in [0, 0.05) is 17.3 Å². The lowest BCUT2D eigenvalue weighted by atomic mass is 10.00. The van der Waals surface area contributed by atoms with Gasteiger partial charge in [-0.05, 0) is 24.3 Å². The molecule has 2 aromatic rings. The molecule has 100 valence electrons. The van der Waals surface area contributed by atoms with Crippen LogP contribution in [0.25, 0.3) is 0 Å². The minimum atomic E-state index is -0.352. The highest BCUT2D eigenvalue weighted by Crippen LogP contribution is 2.36. The Kier molecular flexibility index (Phi) is 3.55. The van der Waals surface area contributed by atoms with Crippen molar-refractivity contribution in [1.82, 2.24) is 0 Å². The Morgan fingerprint density at radius 1 is 1.05 bits per heavy atom. The molecule has 1 aliphatic heterocycles. The van der Waals surface area contributed by atoms with Crippen LogP contribution >= 0.6 is 23.2 Å². The first-order valence-electron chi connectivity index (χ1n) is 5.98. The molecule has 0 spiro atoms. The molecule has 0 amide bonds. The Morgan fingerprint density at radius 2 is 1.85 bits per heavy atom. The molecule has 3 rings (SSSR count). The smallest absolute Gasteiger partial charge is 0.132 e. The number of fused-ring (bicyclic) bond motifs is 1. The number of benzene rings is 2. The number of hydrogen-bond donors (Lipinski definition) is 0. The van der Waals surface area contributed by atoms with Crippen LogP contribution in [0.3, 0.4) is 0 Å². The van der Waals surface area contributed by atoms with Crippen LogP contribution in [0.2, 0.25) is 10.0 Å². The van der Waals surface area contributed by atoms with Crippen molar-refractivity contribution < 1.29 is 4.39 Å². The van der Waals surface area contributed by atoms with E-state index in [4.69, 9.17) is 23.2 Å². The molecule has 5 heteroatoms. The summed E-state index contributed by atoms with van der Waals surface area (Å²) < 4.78 is 14.0. The molecule has 2 nitrogen and oxygen atoms in total. The van der Waals surface area contributed by atoms with Crippen LogP contribution in [0.1, 0.15) is 11.1 Å². The van der Waals surface area contributed by atoms with Gasteiger partial charge in [-0.15, -0.1) is 0 Å². The summed E-state index contributed by atoms with van der Waals surface area (Å²) in [6, 6.07) is 9.87. The van der Waals surface area contributed by atoms with E-state index in [0.717, 1.165) is 0 Å². The Labute approximate surface area is 125 Å². The summed E-state index contributed by atoms with van der Waals surface area (Å²) in [5, 5.41) is 0.733. The lowest BCUT2D eigenvalue weighted by molar-refractivity contribution is 0.625. The van der Waals surface area contributed by atoms with E-state index in [1.807, 2.05) is 0 Å². The number of aliphatic imine (C=N–C) groups is 2. The van der Waals surface area contributed by atoms with E-state index in [0.29, 0.717) is 39.1 Å². The molecule has 0 saturated carbocycles. The number of nitrogens with zero attached hydrogens (tertiary/aromatic N) is 2. The van der Waals surface area contributed by atoms with Crippen LogP contribution < -0.4 is 0 Å². The van der Waals surface area contributed by atoms with Gasteiger partial charge in [-0.2, -0.15) is 0 Å². The molecular weight excluding hydrogens is 298 g/mol. The van der Waals surface area contributed by atoms with Crippen molar-refractivity contribution in [2.45, 2.75) is 0 Å². The highest BCUT2D eigenvalue weighted by molar-refractivity contribution is 6.45. The summed E-state index contributed by atoms with van der Waals surface area (Å²) in [5.74, 6) is -0.352.